The predicted molar refractivity (Wildman–Crippen MR) is 155 cm³/mol. The minimum atomic E-state index is -4.57. The van der Waals surface area contributed by atoms with Crippen LogP contribution in [0.4, 0.5) is 29.5 Å². The summed E-state index contributed by atoms with van der Waals surface area (Å²) < 4.78 is 46.3. The quantitative estimate of drug-likeness (QED) is 0.563. The zero-order valence-electron chi connectivity index (χ0n) is 24.4. The van der Waals surface area contributed by atoms with Crippen LogP contribution in [0, 0.1) is 5.41 Å². The molecule has 2 aromatic rings. The smallest absolute Gasteiger partial charge is 0.433 e. The van der Waals surface area contributed by atoms with Gasteiger partial charge in [-0.1, -0.05) is 13.8 Å². The molecule has 6 rings (SSSR count). The number of aliphatic imine (C=N–C) groups is 1. The zero-order valence-corrected chi connectivity index (χ0v) is 24.4. The normalized spacial score (nSPS) is 20.7. The van der Waals surface area contributed by atoms with E-state index in [1.165, 1.54) is 11.2 Å². The predicted octanol–water partition coefficient (Wildman–Crippen LogP) is 4.34. The molecule has 3 amide bonds. The Labute approximate surface area is 247 Å². The summed E-state index contributed by atoms with van der Waals surface area (Å²) in [6, 6.07) is 7.18. The fraction of sp³-hybridized carbons (Fsp3) is 0.500. The number of carbonyl (C=O) groups is 2. The number of anilines is 2. The van der Waals surface area contributed by atoms with E-state index < -0.39 is 23.2 Å². The lowest BCUT2D eigenvalue weighted by Gasteiger charge is -2.40. The zero-order chi connectivity index (χ0) is 30.5. The number of fused-ring (bicyclic) bond motifs is 1. The summed E-state index contributed by atoms with van der Waals surface area (Å²) >= 11 is 0. The molecule has 0 radical (unpaired) electrons. The molecular formula is C30H34F3N7O3. The average Bonchev–Trinajstić information content (AvgIpc) is 3.37. The van der Waals surface area contributed by atoms with Gasteiger partial charge in [0, 0.05) is 61.5 Å². The highest BCUT2D eigenvalue weighted by atomic mass is 19.4. The highest BCUT2D eigenvalue weighted by Gasteiger charge is 2.47. The lowest BCUT2D eigenvalue weighted by Crippen LogP contribution is -2.49. The van der Waals surface area contributed by atoms with Crippen molar-refractivity contribution in [2.24, 2.45) is 10.4 Å². The Morgan fingerprint density at radius 3 is 2.60 bits per heavy atom. The first kappa shape index (κ1) is 28.9. The summed E-state index contributed by atoms with van der Waals surface area (Å²) in [6.07, 6.45) is -1.10. The van der Waals surface area contributed by atoms with Gasteiger partial charge in [-0.25, -0.2) is 14.8 Å². The number of urea groups is 1. The Kier molecular flexibility index (Phi) is 7.29. The molecule has 0 spiro atoms. The second kappa shape index (κ2) is 10.8. The Morgan fingerprint density at radius 2 is 1.88 bits per heavy atom. The van der Waals surface area contributed by atoms with Crippen molar-refractivity contribution >= 4 is 29.2 Å². The number of halogens is 3. The van der Waals surface area contributed by atoms with E-state index in [4.69, 9.17) is 4.74 Å². The SMILES string of the molecule is COc1ccc2c(c1)CCN(C1CCN(c3cc(C(=O)N4CC5=C(CN=C5C(F)(F)F)C(C)(C)C4)ncn3)CC1)C(=O)N2. The van der Waals surface area contributed by atoms with Gasteiger partial charge in [-0.05, 0) is 48.6 Å². The van der Waals surface area contributed by atoms with Crippen molar-refractivity contribution < 1.29 is 27.5 Å². The number of ether oxygens (including phenoxy) is 1. The molecule has 1 N–H and O–H groups in total. The first-order valence-corrected chi connectivity index (χ1v) is 14.4. The summed E-state index contributed by atoms with van der Waals surface area (Å²) in [5, 5.41) is 3.03. The molecule has 4 aliphatic heterocycles. The maximum atomic E-state index is 13.6. The highest BCUT2D eigenvalue weighted by molar-refractivity contribution is 6.08. The van der Waals surface area contributed by atoms with Crippen LogP contribution in [-0.4, -0.2) is 96.0 Å². The second-order valence-corrected chi connectivity index (χ2v) is 12.0. The van der Waals surface area contributed by atoms with E-state index in [9.17, 15) is 22.8 Å². The van der Waals surface area contributed by atoms with E-state index in [-0.39, 0.29) is 43.0 Å². The van der Waals surface area contributed by atoms with Crippen LogP contribution in [0.25, 0.3) is 0 Å². The number of hydrogen-bond donors (Lipinski definition) is 1. The first-order chi connectivity index (χ1) is 20.4. The van der Waals surface area contributed by atoms with Crippen molar-refractivity contribution in [2.75, 3.05) is 56.6 Å². The molecule has 5 heterocycles. The Bertz CT molecular complexity index is 1510. The second-order valence-electron chi connectivity index (χ2n) is 12.0. The number of amides is 3. The van der Waals surface area contributed by atoms with Crippen molar-refractivity contribution in [3.8, 4) is 5.75 Å². The standard InChI is InChI=1S/C30H34F3N7O3/c1-29(2)16-39(15-21-22(29)14-34-26(21)30(31,32)33)27(41)24-13-25(36-17-35-24)38-9-7-19(8-10-38)40-11-6-18-12-20(43-3)4-5-23(18)37-28(40)42/h4-5,12-13,17,19H,6-11,14-16H2,1-3H3,(H,37,42). The Balaban J connectivity index is 1.11. The number of piperidine rings is 1. The summed E-state index contributed by atoms with van der Waals surface area (Å²) in [7, 11) is 1.62. The average molecular weight is 598 g/mol. The summed E-state index contributed by atoms with van der Waals surface area (Å²) in [6.45, 7) is 5.64. The number of aromatic nitrogens is 2. The molecule has 1 aromatic heterocycles. The van der Waals surface area contributed by atoms with Crippen molar-refractivity contribution in [1.82, 2.24) is 19.8 Å². The molecule has 0 unspecified atom stereocenters. The molecule has 4 aliphatic rings. The van der Waals surface area contributed by atoms with E-state index >= 15 is 0 Å². The van der Waals surface area contributed by atoms with Gasteiger partial charge in [0.15, 0.2) is 0 Å². The van der Waals surface area contributed by atoms with Gasteiger partial charge < -0.3 is 24.8 Å². The van der Waals surface area contributed by atoms with E-state index in [2.05, 4.69) is 25.2 Å². The maximum absolute atomic E-state index is 13.6. The Hall–Kier alpha value is -4.16. The summed E-state index contributed by atoms with van der Waals surface area (Å²) in [4.78, 5) is 44.3. The van der Waals surface area contributed by atoms with Crippen molar-refractivity contribution in [1.29, 1.82) is 0 Å². The molecule has 1 fully saturated rings. The minimum Gasteiger partial charge on any atom is -0.497 e. The topological polar surface area (TPSA) is 103 Å². The molecule has 0 aliphatic carbocycles. The molecule has 0 bridgehead atoms. The van der Waals surface area contributed by atoms with Crippen molar-refractivity contribution in [2.45, 2.75) is 45.3 Å². The number of hydrogen-bond acceptors (Lipinski definition) is 7. The molecule has 13 heteroatoms. The van der Waals surface area contributed by atoms with Crippen LogP contribution in [0.5, 0.6) is 5.75 Å². The van der Waals surface area contributed by atoms with Crippen molar-refractivity contribution in [3.63, 3.8) is 0 Å². The lowest BCUT2D eigenvalue weighted by molar-refractivity contribution is -0.0584. The maximum Gasteiger partial charge on any atom is 0.433 e. The van der Waals surface area contributed by atoms with Crippen LogP contribution in [0.15, 0.2) is 46.7 Å². The lowest BCUT2D eigenvalue weighted by atomic mass is 9.78. The molecule has 1 saturated heterocycles. The number of nitrogens with zero attached hydrogens (tertiary/aromatic N) is 6. The summed E-state index contributed by atoms with van der Waals surface area (Å²) in [5.41, 5.74) is 1.15. The third-order valence-corrected chi connectivity index (χ3v) is 8.89. The number of methoxy groups -OCH3 is 1. The number of alkyl halides is 3. The third-order valence-electron chi connectivity index (χ3n) is 8.89. The van der Waals surface area contributed by atoms with Gasteiger partial charge in [0.2, 0.25) is 0 Å². The number of carbonyl (C=O) groups excluding carboxylic acids is 2. The highest BCUT2D eigenvalue weighted by Crippen LogP contribution is 2.41. The van der Waals surface area contributed by atoms with Gasteiger partial charge in [0.05, 0.1) is 13.7 Å². The van der Waals surface area contributed by atoms with Gasteiger partial charge in [0.1, 0.15) is 29.3 Å². The van der Waals surface area contributed by atoms with Gasteiger partial charge in [0.25, 0.3) is 5.91 Å². The largest absolute Gasteiger partial charge is 0.497 e. The van der Waals surface area contributed by atoms with Gasteiger partial charge >= 0.3 is 12.2 Å². The number of benzene rings is 1. The van der Waals surface area contributed by atoms with Crippen LogP contribution in [0.1, 0.15) is 42.7 Å². The molecule has 228 valence electrons. The van der Waals surface area contributed by atoms with Crippen LogP contribution in [0.2, 0.25) is 0 Å². The monoisotopic (exact) mass is 597 g/mol. The van der Waals surface area contributed by atoms with Gasteiger partial charge in [-0.2, -0.15) is 13.2 Å². The van der Waals surface area contributed by atoms with Gasteiger partial charge in [-0.15, -0.1) is 0 Å². The number of rotatable bonds is 4. The molecule has 43 heavy (non-hydrogen) atoms. The molecule has 0 saturated carbocycles. The van der Waals surface area contributed by atoms with Gasteiger partial charge in [-0.3, -0.25) is 9.79 Å². The summed E-state index contributed by atoms with van der Waals surface area (Å²) in [5.74, 6) is 0.886. The fourth-order valence-corrected chi connectivity index (χ4v) is 6.62. The minimum absolute atomic E-state index is 0.00753. The van der Waals surface area contributed by atoms with Crippen LogP contribution in [0.3, 0.4) is 0 Å². The van der Waals surface area contributed by atoms with Crippen LogP contribution < -0.4 is 15.0 Å². The van der Waals surface area contributed by atoms with E-state index in [1.807, 2.05) is 36.9 Å². The molecule has 1 aromatic carbocycles. The first-order valence-electron chi connectivity index (χ1n) is 14.4. The molecule has 0 atom stereocenters. The van der Waals surface area contributed by atoms with Crippen LogP contribution in [-0.2, 0) is 6.42 Å². The molecular weight excluding hydrogens is 563 g/mol. The van der Waals surface area contributed by atoms with Crippen LogP contribution >= 0.6 is 0 Å². The van der Waals surface area contributed by atoms with E-state index in [0.29, 0.717) is 37.4 Å². The van der Waals surface area contributed by atoms with Crippen molar-refractivity contribution in [3.05, 3.63) is 53.0 Å². The third kappa shape index (κ3) is 5.52. The molecule has 10 nitrogen and oxygen atoms in total. The van der Waals surface area contributed by atoms with E-state index in [1.54, 1.807) is 13.2 Å². The Morgan fingerprint density at radius 1 is 1.12 bits per heavy atom. The van der Waals surface area contributed by atoms with E-state index in [0.717, 1.165) is 29.8 Å². The fourth-order valence-electron chi connectivity index (χ4n) is 6.62. The number of nitrogens with one attached hydrogen (secondary N) is 1.